The minimum atomic E-state index is 0.0712. The first-order valence-corrected chi connectivity index (χ1v) is 6.83. The van der Waals surface area contributed by atoms with Crippen molar-refractivity contribution in [2.45, 2.75) is 25.0 Å². The van der Waals surface area contributed by atoms with Crippen molar-refractivity contribution in [1.82, 2.24) is 0 Å². The molecule has 3 unspecified atom stereocenters. The van der Waals surface area contributed by atoms with Crippen LogP contribution >= 0.6 is 15.9 Å². The molecule has 4 heteroatoms. The molecular weight excluding hydrogens is 282 g/mol. The van der Waals surface area contributed by atoms with Crippen LogP contribution in [0.3, 0.4) is 0 Å². The fourth-order valence-electron chi connectivity index (χ4n) is 2.64. The van der Waals surface area contributed by atoms with Crippen LogP contribution in [-0.2, 0) is 4.74 Å². The zero-order chi connectivity index (χ0) is 11.8. The number of hydrogen-bond donors (Lipinski definition) is 1. The lowest BCUT2D eigenvalue weighted by Gasteiger charge is -2.33. The van der Waals surface area contributed by atoms with Crippen molar-refractivity contribution in [2.75, 3.05) is 13.2 Å². The van der Waals surface area contributed by atoms with Gasteiger partial charge in [-0.25, -0.2) is 0 Å². The van der Waals surface area contributed by atoms with Crippen LogP contribution in [0.2, 0.25) is 0 Å². The fourth-order valence-corrected chi connectivity index (χ4v) is 3.02. The maximum absolute atomic E-state index is 6.23. The minimum absolute atomic E-state index is 0.0712. The first-order chi connectivity index (χ1) is 8.24. The summed E-state index contributed by atoms with van der Waals surface area (Å²) in [6, 6.07) is 6.13. The molecular formula is C13H16BrNO2. The average molecular weight is 298 g/mol. The van der Waals surface area contributed by atoms with Gasteiger partial charge < -0.3 is 15.2 Å². The Labute approximate surface area is 109 Å². The number of hydrogen-bond acceptors (Lipinski definition) is 3. The van der Waals surface area contributed by atoms with Gasteiger partial charge in [0.2, 0.25) is 0 Å². The third kappa shape index (κ3) is 2.21. The number of fused-ring (bicyclic) bond motifs is 1. The summed E-state index contributed by atoms with van der Waals surface area (Å²) in [5.74, 6) is 1.43. The van der Waals surface area contributed by atoms with Crippen LogP contribution in [0.5, 0.6) is 5.75 Å². The number of ether oxygens (including phenoxy) is 2. The van der Waals surface area contributed by atoms with Crippen molar-refractivity contribution < 1.29 is 9.47 Å². The molecule has 2 heterocycles. The second kappa shape index (κ2) is 4.59. The van der Waals surface area contributed by atoms with Crippen LogP contribution in [0.15, 0.2) is 22.7 Å². The van der Waals surface area contributed by atoms with Crippen LogP contribution in [-0.4, -0.2) is 19.3 Å². The highest BCUT2D eigenvalue weighted by atomic mass is 79.9. The minimum Gasteiger partial charge on any atom is -0.490 e. The zero-order valence-corrected chi connectivity index (χ0v) is 11.2. The van der Waals surface area contributed by atoms with Crippen LogP contribution in [0.1, 0.15) is 24.4 Å². The van der Waals surface area contributed by atoms with Gasteiger partial charge in [0.1, 0.15) is 11.9 Å². The molecule has 92 valence electrons. The van der Waals surface area contributed by atoms with E-state index in [1.54, 1.807) is 0 Å². The summed E-state index contributed by atoms with van der Waals surface area (Å²) in [5.41, 5.74) is 7.34. The summed E-state index contributed by atoms with van der Waals surface area (Å²) in [6.07, 6.45) is 2.18. The molecule has 1 aromatic carbocycles. The third-order valence-corrected chi connectivity index (χ3v) is 4.12. The normalized spacial score (nSPS) is 32.0. The molecule has 17 heavy (non-hydrogen) atoms. The number of rotatable bonds is 1. The Bertz CT molecular complexity index is 418. The molecule has 0 aliphatic carbocycles. The maximum Gasteiger partial charge on any atom is 0.124 e. The van der Waals surface area contributed by atoms with Crippen molar-refractivity contribution >= 4 is 15.9 Å². The summed E-state index contributed by atoms with van der Waals surface area (Å²) in [6.45, 7) is 1.66. The van der Waals surface area contributed by atoms with E-state index in [9.17, 15) is 0 Å². The number of benzene rings is 1. The Kier molecular flexibility index (Phi) is 3.11. The Hall–Kier alpha value is -0.580. The smallest absolute Gasteiger partial charge is 0.124 e. The lowest BCUT2D eigenvalue weighted by molar-refractivity contribution is 0.0854. The highest BCUT2D eigenvalue weighted by molar-refractivity contribution is 9.10. The molecule has 0 bridgehead atoms. The van der Waals surface area contributed by atoms with Gasteiger partial charge >= 0.3 is 0 Å². The Morgan fingerprint density at radius 2 is 2.24 bits per heavy atom. The second-order valence-corrected chi connectivity index (χ2v) is 5.72. The highest BCUT2D eigenvalue weighted by Gasteiger charge is 2.33. The largest absolute Gasteiger partial charge is 0.490 e. The predicted molar refractivity (Wildman–Crippen MR) is 69.0 cm³/mol. The lowest BCUT2D eigenvalue weighted by Crippen LogP contribution is -2.35. The predicted octanol–water partition coefficient (Wildman–Crippen LogP) is 2.64. The van der Waals surface area contributed by atoms with Crippen molar-refractivity contribution in [2.24, 2.45) is 11.7 Å². The molecule has 3 atom stereocenters. The average Bonchev–Trinajstić information content (AvgIpc) is 2.83. The second-order valence-electron chi connectivity index (χ2n) is 4.80. The molecule has 0 aromatic heterocycles. The van der Waals surface area contributed by atoms with Gasteiger partial charge in [-0.15, -0.1) is 0 Å². The topological polar surface area (TPSA) is 44.5 Å². The SMILES string of the molecule is NC1CC(C2CCOC2)Oc2ccc(Br)cc21. The molecule has 0 saturated carbocycles. The van der Waals surface area contributed by atoms with Crippen molar-refractivity contribution in [1.29, 1.82) is 0 Å². The molecule has 2 aliphatic heterocycles. The third-order valence-electron chi connectivity index (χ3n) is 3.63. The van der Waals surface area contributed by atoms with Gasteiger partial charge in [-0.3, -0.25) is 0 Å². The number of nitrogens with two attached hydrogens (primary N) is 1. The van der Waals surface area contributed by atoms with Gasteiger partial charge in [0.25, 0.3) is 0 Å². The lowest BCUT2D eigenvalue weighted by atomic mass is 9.90. The molecule has 3 nitrogen and oxygen atoms in total. The first kappa shape index (κ1) is 11.5. The summed E-state index contributed by atoms with van der Waals surface area (Å²) >= 11 is 3.47. The molecule has 1 fully saturated rings. The summed E-state index contributed by atoms with van der Waals surface area (Å²) in [4.78, 5) is 0. The van der Waals surface area contributed by atoms with Crippen LogP contribution < -0.4 is 10.5 Å². The first-order valence-electron chi connectivity index (χ1n) is 6.03. The van der Waals surface area contributed by atoms with E-state index in [0.717, 1.165) is 41.8 Å². The molecule has 2 aliphatic rings. The van der Waals surface area contributed by atoms with E-state index in [2.05, 4.69) is 22.0 Å². The molecule has 2 N–H and O–H groups in total. The quantitative estimate of drug-likeness (QED) is 0.867. The zero-order valence-electron chi connectivity index (χ0n) is 9.56. The van der Waals surface area contributed by atoms with Crippen LogP contribution in [0, 0.1) is 5.92 Å². The van der Waals surface area contributed by atoms with E-state index in [-0.39, 0.29) is 12.1 Å². The van der Waals surface area contributed by atoms with E-state index in [1.807, 2.05) is 12.1 Å². The fraction of sp³-hybridized carbons (Fsp3) is 0.538. The Balaban J connectivity index is 1.84. The number of halogens is 1. The van der Waals surface area contributed by atoms with E-state index >= 15 is 0 Å². The van der Waals surface area contributed by atoms with Crippen LogP contribution in [0.4, 0.5) is 0 Å². The van der Waals surface area contributed by atoms with Crippen molar-refractivity contribution in [3.05, 3.63) is 28.2 Å². The monoisotopic (exact) mass is 297 g/mol. The van der Waals surface area contributed by atoms with Gasteiger partial charge in [0.15, 0.2) is 0 Å². The van der Waals surface area contributed by atoms with Crippen molar-refractivity contribution in [3.8, 4) is 5.75 Å². The molecule has 3 rings (SSSR count). The van der Waals surface area contributed by atoms with Gasteiger partial charge in [-0.2, -0.15) is 0 Å². The van der Waals surface area contributed by atoms with E-state index in [4.69, 9.17) is 15.2 Å². The van der Waals surface area contributed by atoms with E-state index in [0.29, 0.717) is 5.92 Å². The van der Waals surface area contributed by atoms with Crippen LogP contribution in [0.25, 0.3) is 0 Å². The Morgan fingerprint density at radius 3 is 3.00 bits per heavy atom. The van der Waals surface area contributed by atoms with Gasteiger partial charge in [-0.05, 0) is 24.6 Å². The Morgan fingerprint density at radius 1 is 1.35 bits per heavy atom. The summed E-state index contributed by atoms with van der Waals surface area (Å²) in [7, 11) is 0. The van der Waals surface area contributed by atoms with Crippen molar-refractivity contribution in [3.63, 3.8) is 0 Å². The molecule has 0 spiro atoms. The summed E-state index contributed by atoms with van der Waals surface area (Å²) in [5, 5.41) is 0. The summed E-state index contributed by atoms with van der Waals surface area (Å²) < 4.78 is 12.5. The van der Waals surface area contributed by atoms with E-state index < -0.39 is 0 Å². The standard InChI is InChI=1S/C13H16BrNO2/c14-9-1-2-12-10(5-9)11(15)6-13(17-12)8-3-4-16-7-8/h1-2,5,8,11,13H,3-4,6-7,15H2. The molecule has 0 amide bonds. The molecule has 1 aromatic rings. The molecule has 0 radical (unpaired) electrons. The maximum atomic E-state index is 6.23. The van der Waals surface area contributed by atoms with Gasteiger partial charge in [0.05, 0.1) is 6.61 Å². The highest BCUT2D eigenvalue weighted by Crippen LogP contribution is 2.38. The molecule has 1 saturated heterocycles. The van der Waals surface area contributed by atoms with E-state index in [1.165, 1.54) is 0 Å². The van der Waals surface area contributed by atoms with Gasteiger partial charge in [0, 0.05) is 35.0 Å². The van der Waals surface area contributed by atoms with Gasteiger partial charge in [-0.1, -0.05) is 15.9 Å².